The fourth-order valence-electron chi connectivity index (χ4n) is 3.80. The molecule has 6 rings (SSSR count). The van der Waals surface area contributed by atoms with Crippen molar-refractivity contribution in [3.63, 3.8) is 0 Å². The van der Waals surface area contributed by atoms with Gasteiger partial charge >= 0.3 is 26.2 Å². The van der Waals surface area contributed by atoms with E-state index < -0.39 is 0 Å². The van der Waals surface area contributed by atoms with Gasteiger partial charge in [0, 0.05) is 10.8 Å². The van der Waals surface area contributed by atoms with Gasteiger partial charge in [-0.15, -0.1) is 47.5 Å². The molecule has 28 heavy (non-hydrogen) atoms. The standard InChI is InChI=1S/C21H14N.C5H5.Zr/c1-2-8-16-14-17(13-15(16)7-1)22-20-11-5-3-9-18(20)19-10-4-6-12-21(19)22;1-2-4-5-3-1;/h1-14H;1-3H,4H2;/q2*-1;+2. The van der Waals surface area contributed by atoms with Crippen LogP contribution >= 0.6 is 0 Å². The molecule has 0 spiro atoms. The Morgan fingerprint density at radius 2 is 1.43 bits per heavy atom. The van der Waals surface area contributed by atoms with Gasteiger partial charge in [-0.1, -0.05) is 42.5 Å². The maximum Gasteiger partial charge on any atom is 2.00 e. The van der Waals surface area contributed by atoms with Gasteiger partial charge in [-0.25, -0.2) is 12.2 Å². The van der Waals surface area contributed by atoms with E-state index >= 15 is 0 Å². The minimum absolute atomic E-state index is 0. The minimum Gasteiger partial charge on any atom is -0.328 e. The fourth-order valence-corrected chi connectivity index (χ4v) is 3.80. The largest absolute Gasteiger partial charge is 2.00 e. The topological polar surface area (TPSA) is 4.93 Å². The smallest absolute Gasteiger partial charge is 0.328 e. The number of fused-ring (bicyclic) bond motifs is 4. The van der Waals surface area contributed by atoms with Gasteiger partial charge in [0.2, 0.25) is 0 Å². The summed E-state index contributed by atoms with van der Waals surface area (Å²) in [5, 5.41) is 5.20. The predicted molar refractivity (Wildman–Crippen MR) is 115 cm³/mol. The zero-order valence-corrected chi connectivity index (χ0v) is 17.9. The van der Waals surface area contributed by atoms with Gasteiger partial charge in [0.05, 0.1) is 11.0 Å². The second-order valence-corrected chi connectivity index (χ2v) is 6.72. The zero-order valence-electron chi connectivity index (χ0n) is 15.5. The molecule has 0 amide bonds. The third-order valence-electron chi connectivity index (χ3n) is 5.03. The van der Waals surface area contributed by atoms with Crippen LogP contribution in [0.2, 0.25) is 0 Å². The van der Waals surface area contributed by atoms with Crippen molar-refractivity contribution < 1.29 is 26.2 Å². The Morgan fingerprint density at radius 1 is 0.786 bits per heavy atom. The van der Waals surface area contributed by atoms with E-state index in [-0.39, 0.29) is 26.2 Å². The number of rotatable bonds is 1. The van der Waals surface area contributed by atoms with Gasteiger partial charge in [-0.3, -0.25) is 6.08 Å². The number of benzene rings is 3. The van der Waals surface area contributed by atoms with Crippen molar-refractivity contribution in [3.05, 3.63) is 109 Å². The van der Waals surface area contributed by atoms with Crippen molar-refractivity contribution in [1.82, 2.24) is 4.57 Å². The fraction of sp³-hybridized carbons (Fsp3) is 0.0385. The van der Waals surface area contributed by atoms with Crippen molar-refractivity contribution in [1.29, 1.82) is 0 Å². The average molecular weight is 437 g/mol. The van der Waals surface area contributed by atoms with Crippen LogP contribution < -0.4 is 0 Å². The van der Waals surface area contributed by atoms with Gasteiger partial charge in [0.1, 0.15) is 0 Å². The molecule has 1 aromatic heterocycles. The van der Waals surface area contributed by atoms with Crippen LogP contribution in [0.5, 0.6) is 0 Å². The molecule has 132 valence electrons. The molecule has 0 bridgehead atoms. The van der Waals surface area contributed by atoms with Crippen LogP contribution in [0, 0.1) is 6.08 Å². The number of hydrogen-bond donors (Lipinski definition) is 0. The monoisotopic (exact) mass is 435 g/mol. The molecule has 0 fully saturated rings. The Morgan fingerprint density at radius 3 is 2.00 bits per heavy atom. The molecule has 1 aliphatic rings. The van der Waals surface area contributed by atoms with E-state index in [1.165, 1.54) is 38.3 Å². The van der Waals surface area contributed by atoms with Crippen molar-refractivity contribution in [2.45, 2.75) is 6.42 Å². The minimum atomic E-state index is 0. The molecule has 0 radical (unpaired) electrons. The van der Waals surface area contributed by atoms with Gasteiger partial charge in [0.15, 0.2) is 0 Å². The number of aromatic nitrogens is 1. The van der Waals surface area contributed by atoms with Crippen LogP contribution in [0.3, 0.4) is 0 Å². The molecular formula is C26H19NZr. The molecule has 1 aliphatic carbocycles. The van der Waals surface area contributed by atoms with Crippen LogP contribution in [0.1, 0.15) is 6.42 Å². The SMILES string of the molecule is [C-]1=CC=CC1.[Zr+2].c1ccc2[cH-]c(-n3c4ccccc4c4ccccc43)cc2c1. The molecule has 0 saturated carbocycles. The summed E-state index contributed by atoms with van der Waals surface area (Å²) in [7, 11) is 0. The second kappa shape index (κ2) is 8.21. The first-order valence-electron chi connectivity index (χ1n) is 9.27. The van der Waals surface area contributed by atoms with E-state index in [2.05, 4.69) is 102 Å². The maximum atomic E-state index is 2.99. The number of allylic oxidation sites excluding steroid dienone is 4. The summed E-state index contributed by atoms with van der Waals surface area (Å²) in [4.78, 5) is 0. The summed E-state index contributed by atoms with van der Waals surface area (Å²) in [6, 6.07) is 30.3. The van der Waals surface area contributed by atoms with Crippen molar-refractivity contribution in [2.24, 2.45) is 0 Å². The van der Waals surface area contributed by atoms with Crippen LogP contribution in [0.15, 0.2) is 103 Å². The van der Waals surface area contributed by atoms with Crippen molar-refractivity contribution in [2.75, 3.05) is 0 Å². The number of nitrogens with zero attached hydrogens (tertiary/aromatic N) is 1. The normalized spacial score (nSPS) is 12.3. The molecule has 0 aliphatic heterocycles. The van der Waals surface area contributed by atoms with Gasteiger partial charge in [-0.05, 0) is 17.8 Å². The second-order valence-electron chi connectivity index (χ2n) is 6.72. The molecule has 1 nitrogen and oxygen atoms in total. The first kappa shape index (κ1) is 18.8. The summed E-state index contributed by atoms with van der Waals surface area (Å²) < 4.78 is 2.37. The first-order chi connectivity index (χ1) is 13.4. The Bertz CT molecular complexity index is 1200. The van der Waals surface area contributed by atoms with Crippen LogP contribution in [-0.2, 0) is 26.2 Å². The Kier molecular flexibility index (Phi) is 5.50. The molecule has 1 heterocycles. The quantitative estimate of drug-likeness (QED) is 0.250. The van der Waals surface area contributed by atoms with E-state index in [1.807, 2.05) is 12.2 Å². The molecule has 0 saturated heterocycles. The van der Waals surface area contributed by atoms with Gasteiger partial charge < -0.3 is 4.57 Å². The van der Waals surface area contributed by atoms with Crippen LogP contribution in [0.25, 0.3) is 38.3 Å². The summed E-state index contributed by atoms with van der Waals surface area (Å²) in [5.41, 5.74) is 3.76. The maximum absolute atomic E-state index is 2.99. The summed E-state index contributed by atoms with van der Waals surface area (Å²) >= 11 is 0. The molecule has 2 heteroatoms. The van der Waals surface area contributed by atoms with E-state index in [1.54, 1.807) is 0 Å². The van der Waals surface area contributed by atoms with Crippen molar-refractivity contribution in [3.8, 4) is 5.69 Å². The Balaban J connectivity index is 0.000000282. The van der Waals surface area contributed by atoms with Gasteiger partial charge in [0.25, 0.3) is 0 Å². The van der Waals surface area contributed by atoms with E-state index in [0.717, 1.165) is 6.42 Å². The number of hydrogen-bond acceptors (Lipinski definition) is 0. The van der Waals surface area contributed by atoms with Gasteiger partial charge in [-0.2, -0.15) is 6.08 Å². The van der Waals surface area contributed by atoms with E-state index in [0.29, 0.717) is 0 Å². The Hall–Kier alpha value is -2.57. The third-order valence-corrected chi connectivity index (χ3v) is 5.03. The molecule has 4 aromatic carbocycles. The third kappa shape index (κ3) is 3.34. The van der Waals surface area contributed by atoms with Crippen molar-refractivity contribution >= 4 is 32.6 Å². The molecule has 0 N–H and O–H groups in total. The van der Waals surface area contributed by atoms with E-state index in [4.69, 9.17) is 0 Å². The first-order valence-corrected chi connectivity index (χ1v) is 9.27. The Labute approximate surface area is 184 Å². The average Bonchev–Trinajstić information content (AvgIpc) is 3.46. The zero-order chi connectivity index (χ0) is 18.1. The number of para-hydroxylation sites is 2. The van der Waals surface area contributed by atoms with E-state index in [9.17, 15) is 0 Å². The van der Waals surface area contributed by atoms with Crippen LogP contribution in [-0.4, -0.2) is 4.57 Å². The molecule has 0 atom stereocenters. The predicted octanol–water partition coefficient (Wildman–Crippen LogP) is 6.96. The molecular weight excluding hydrogens is 418 g/mol. The van der Waals surface area contributed by atoms with Crippen LogP contribution in [0.4, 0.5) is 0 Å². The molecule has 0 unspecified atom stereocenters. The summed E-state index contributed by atoms with van der Waals surface area (Å²) in [6.45, 7) is 0. The summed E-state index contributed by atoms with van der Waals surface area (Å²) in [5.74, 6) is 0. The summed E-state index contributed by atoms with van der Waals surface area (Å²) in [6.07, 6.45) is 10.0. The molecule has 5 aromatic rings.